The van der Waals surface area contributed by atoms with Gasteiger partial charge < -0.3 is 14.2 Å². The van der Waals surface area contributed by atoms with E-state index in [2.05, 4.69) is 4.90 Å². The molecule has 1 aliphatic rings. The Hall–Kier alpha value is -2.56. The Morgan fingerprint density at radius 1 is 1.09 bits per heavy atom. The highest BCUT2D eigenvalue weighted by atomic mass is 19.1. The minimum Gasteiger partial charge on any atom is -0.465 e. The molecule has 1 aromatic carbocycles. The monoisotopic (exact) mass is 300 g/mol. The first-order valence-electron chi connectivity index (χ1n) is 7.23. The van der Waals surface area contributed by atoms with Gasteiger partial charge in [-0.1, -0.05) is 0 Å². The molecule has 0 unspecified atom stereocenters. The van der Waals surface area contributed by atoms with Crippen molar-refractivity contribution in [2.45, 2.75) is 0 Å². The van der Waals surface area contributed by atoms with Crippen LogP contribution < -0.4 is 4.90 Å². The molecule has 2 aromatic rings. The molecule has 1 aliphatic heterocycles. The van der Waals surface area contributed by atoms with Gasteiger partial charge in [0.15, 0.2) is 0 Å². The molecule has 1 saturated heterocycles. The van der Waals surface area contributed by atoms with Crippen molar-refractivity contribution in [3.05, 3.63) is 60.3 Å². The van der Waals surface area contributed by atoms with Crippen molar-refractivity contribution in [1.82, 2.24) is 4.90 Å². The molecule has 114 valence electrons. The van der Waals surface area contributed by atoms with Gasteiger partial charge in [0.1, 0.15) is 11.6 Å². The highest BCUT2D eigenvalue weighted by Gasteiger charge is 2.19. The van der Waals surface area contributed by atoms with Gasteiger partial charge in [-0.25, -0.2) is 4.39 Å². The summed E-state index contributed by atoms with van der Waals surface area (Å²) in [5, 5.41) is 0. The maximum atomic E-state index is 12.9. The van der Waals surface area contributed by atoms with Crippen LogP contribution in [0.1, 0.15) is 5.76 Å². The lowest BCUT2D eigenvalue weighted by Crippen LogP contribution is -2.48. The predicted molar refractivity (Wildman–Crippen MR) is 82.9 cm³/mol. The first kappa shape index (κ1) is 14.4. The van der Waals surface area contributed by atoms with E-state index in [9.17, 15) is 9.18 Å². The molecule has 4 nitrogen and oxygen atoms in total. The lowest BCUT2D eigenvalue weighted by atomic mass is 10.2. The lowest BCUT2D eigenvalue weighted by molar-refractivity contribution is -0.126. The number of amides is 1. The van der Waals surface area contributed by atoms with E-state index in [0.29, 0.717) is 18.8 Å². The minimum atomic E-state index is -0.236. The average molecular weight is 300 g/mol. The standard InChI is InChI=1S/C17H17FN2O2/c18-14-3-5-15(6-4-14)19-9-11-20(12-10-19)17(21)8-7-16-2-1-13-22-16/h1-8,13H,9-12H2. The molecule has 0 spiro atoms. The Morgan fingerprint density at radius 3 is 2.45 bits per heavy atom. The van der Waals surface area contributed by atoms with Gasteiger partial charge in [-0.2, -0.15) is 0 Å². The normalized spacial score (nSPS) is 15.5. The summed E-state index contributed by atoms with van der Waals surface area (Å²) in [4.78, 5) is 16.1. The Balaban J connectivity index is 1.55. The van der Waals surface area contributed by atoms with Gasteiger partial charge in [0, 0.05) is 37.9 Å². The van der Waals surface area contributed by atoms with Crippen molar-refractivity contribution in [1.29, 1.82) is 0 Å². The van der Waals surface area contributed by atoms with E-state index in [1.54, 1.807) is 41.5 Å². The number of carbonyl (C=O) groups excluding carboxylic acids is 1. The quantitative estimate of drug-likeness (QED) is 0.818. The second-order valence-electron chi connectivity index (χ2n) is 5.14. The SMILES string of the molecule is O=C(C=Cc1ccco1)N1CCN(c2ccc(F)cc2)CC1. The molecule has 1 amide bonds. The van der Waals surface area contributed by atoms with Gasteiger partial charge in [-0.3, -0.25) is 4.79 Å². The van der Waals surface area contributed by atoms with Crippen LogP contribution in [0.15, 0.2) is 53.2 Å². The van der Waals surface area contributed by atoms with E-state index in [4.69, 9.17) is 4.42 Å². The Labute approximate surface area is 128 Å². The van der Waals surface area contributed by atoms with Gasteiger partial charge in [-0.15, -0.1) is 0 Å². The zero-order chi connectivity index (χ0) is 15.4. The molecule has 3 rings (SSSR count). The number of nitrogens with zero attached hydrogens (tertiary/aromatic N) is 2. The molecule has 5 heteroatoms. The Bertz CT molecular complexity index is 642. The van der Waals surface area contributed by atoms with Crippen LogP contribution >= 0.6 is 0 Å². The molecular weight excluding hydrogens is 283 g/mol. The second kappa shape index (κ2) is 6.47. The number of halogens is 1. The Kier molecular flexibility index (Phi) is 4.23. The van der Waals surface area contributed by atoms with Crippen LogP contribution in [0.4, 0.5) is 10.1 Å². The van der Waals surface area contributed by atoms with Crippen LogP contribution in [0.3, 0.4) is 0 Å². The third-order valence-corrected chi connectivity index (χ3v) is 3.72. The molecule has 0 radical (unpaired) electrons. The minimum absolute atomic E-state index is 0.0184. The smallest absolute Gasteiger partial charge is 0.246 e. The number of carbonyl (C=O) groups is 1. The molecule has 0 saturated carbocycles. The first-order valence-corrected chi connectivity index (χ1v) is 7.23. The summed E-state index contributed by atoms with van der Waals surface area (Å²) in [6, 6.07) is 10.0. The van der Waals surface area contributed by atoms with E-state index >= 15 is 0 Å². The third kappa shape index (κ3) is 3.36. The Morgan fingerprint density at radius 2 is 1.82 bits per heavy atom. The lowest BCUT2D eigenvalue weighted by Gasteiger charge is -2.35. The molecule has 1 aromatic heterocycles. The van der Waals surface area contributed by atoms with Crippen molar-refractivity contribution in [3.8, 4) is 0 Å². The van der Waals surface area contributed by atoms with Gasteiger partial charge in [0.2, 0.25) is 5.91 Å². The summed E-state index contributed by atoms with van der Waals surface area (Å²) in [7, 11) is 0. The van der Waals surface area contributed by atoms with Crippen molar-refractivity contribution in [2.24, 2.45) is 0 Å². The summed E-state index contributed by atoms with van der Waals surface area (Å²) in [6.45, 7) is 2.79. The molecular formula is C17H17FN2O2. The predicted octanol–water partition coefficient (Wildman–Crippen LogP) is 2.78. The maximum Gasteiger partial charge on any atom is 0.246 e. The molecule has 2 heterocycles. The van der Waals surface area contributed by atoms with Crippen molar-refractivity contribution < 1.29 is 13.6 Å². The molecule has 0 N–H and O–H groups in total. The topological polar surface area (TPSA) is 36.7 Å². The molecule has 22 heavy (non-hydrogen) atoms. The maximum absolute atomic E-state index is 12.9. The van der Waals surface area contributed by atoms with Crippen molar-refractivity contribution in [2.75, 3.05) is 31.1 Å². The van der Waals surface area contributed by atoms with E-state index in [1.165, 1.54) is 18.2 Å². The fraction of sp³-hybridized carbons (Fsp3) is 0.235. The highest BCUT2D eigenvalue weighted by Crippen LogP contribution is 2.17. The number of anilines is 1. The summed E-state index contributed by atoms with van der Waals surface area (Å²) in [5.74, 6) is 0.411. The molecule has 0 aliphatic carbocycles. The number of furan rings is 1. The third-order valence-electron chi connectivity index (χ3n) is 3.72. The number of rotatable bonds is 3. The molecule has 1 fully saturated rings. The first-order chi connectivity index (χ1) is 10.7. The van der Waals surface area contributed by atoms with Crippen LogP contribution in [0, 0.1) is 5.82 Å². The largest absolute Gasteiger partial charge is 0.465 e. The fourth-order valence-corrected chi connectivity index (χ4v) is 2.48. The number of hydrogen-bond donors (Lipinski definition) is 0. The van der Waals surface area contributed by atoms with Gasteiger partial charge in [-0.05, 0) is 42.5 Å². The zero-order valence-corrected chi connectivity index (χ0v) is 12.1. The van der Waals surface area contributed by atoms with E-state index in [-0.39, 0.29) is 11.7 Å². The van der Waals surface area contributed by atoms with E-state index in [0.717, 1.165) is 18.8 Å². The fourth-order valence-electron chi connectivity index (χ4n) is 2.48. The van der Waals surface area contributed by atoms with E-state index < -0.39 is 0 Å². The summed E-state index contributed by atoms with van der Waals surface area (Å²) < 4.78 is 18.1. The molecule has 0 atom stereocenters. The average Bonchev–Trinajstić information content (AvgIpc) is 3.07. The number of benzene rings is 1. The van der Waals surface area contributed by atoms with Crippen LogP contribution in [0.2, 0.25) is 0 Å². The van der Waals surface area contributed by atoms with Crippen molar-refractivity contribution >= 4 is 17.7 Å². The summed E-state index contributed by atoms with van der Waals surface area (Å²) in [5.41, 5.74) is 0.986. The number of piperazine rings is 1. The molecule has 0 bridgehead atoms. The van der Waals surface area contributed by atoms with Crippen LogP contribution in [-0.4, -0.2) is 37.0 Å². The number of hydrogen-bond acceptors (Lipinski definition) is 3. The van der Waals surface area contributed by atoms with Crippen molar-refractivity contribution in [3.63, 3.8) is 0 Å². The van der Waals surface area contributed by atoms with Crippen LogP contribution in [0.25, 0.3) is 6.08 Å². The van der Waals surface area contributed by atoms with Crippen LogP contribution in [0.5, 0.6) is 0 Å². The van der Waals surface area contributed by atoms with E-state index in [1.807, 2.05) is 0 Å². The van der Waals surface area contributed by atoms with Gasteiger partial charge in [0.05, 0.1) is 6.26 Å². The summed E-state index contributed by atoms with van der Waals surface area (Å²) >= 11 is 0. The highest BCUT2D eigenvalue weighted by molar-refractivity contribution is 5.91. The van der Waals surface area contributed by atoms with Gasteiger partial charge >= 0.3 is 0 Å². The zero-order valence-electron chi connectivity index (χ0n) is 12.1. The van der Waals surface area contributed by atoms with Crippen LogP contribution in [-0.2, 0) is 4.79 Å². The second-order valence-corrected chi connectivity index (χ2v) is 5.14. The summed E-state index contributed by atoms with van der Waals surface area (Å²) in [6.07, 6.45) is 4.78. The van der Waals surface area contributed by atoms with Gasteiger partial charge in [0.25, 0.3) is 0 Å².